The van der Waals surface area contributed by atoms with Gasteiger partial charge in [-0.15, -0.1) is 22.7 Å². The number of aliphatic imine (C=N–C) groups is 2. The number of guanidine groups is 2. The van der Waals surface area contributed by atoms with Crippen molar-refractivity contribution in [2.75, 3.05) is 24.6 Å². The molecule has 0 unspecified atom stereocenters. The van der Waals surface area contributed by atoms with Crippen LogP contribution >= 0.6 is 22.7 Å². The number of rotatable bonds is 23. The SMILES string of the molecule is Cc1nc(N)sc1CCCN=C(N)NC(=O)CCCCCCCCCCCCCCC(=O)NC(N)=NCCCc1sc(N)nc1C.O=C(O)C(F)(F)F.O=C(O)C(F)(F)F.O=C(O)C(F)(F)F.O=C(O)C(F)(F)F. The predicted octanol–water partition coefficient (Wildman–Crippen LogP) is 7.80. The van der Waals surface area contributed by atoms with Gasteiger partial charge in [0, 0.05) is 35.7 Å². The Bertz CT molecular complexity index is 1870. The van der Waals surface area contributed by atoms with Gasteiger partial charge in [0.05, 0.1) is 11.4 Å². The molecule has 0 fully saturated rings. The molecule has 0 bridgehead atoms. The van der Waals surface area contributed by atoms with Gasteiger partial charge in [0.1, 0.15) is 0 Å². The number of aromatic nitrogens is 2. The molecule has 0 radical (unpaired) electrons. The van der Waals surface area contributed by atoms with Crippen molar-refractivity contribution < 1.29 is 102 Å². The zero-order chi connectivity index (χ0) is 57.9. The van der Waals surface area contributed by atoms with Gasteiger partial charge in [0.25, 0.3) is 0 Å². The number of anilines is 2. The smallest absolute Gasteiger partial charge is 0.475 e. The molecule has 2 aromatic heterocycles. The zero-order valence-corrected chi connectivity index (χ0v) is 41.5. The number of nitrogens with one attached hydrogen (secondary N) is 2. The molecule has 0 spiro atoms. The summed E-state index contributed by atoms with van der Waals surface area (Å²) >= 11 is 3.02. The van der Waals surface area contributed by atoms with Crippen molar-refractivity contribution in [3.63, 3.8) is 0 Å². The number of thiazole rings is 2. The summed E-state index contributed by atoms with van der Waals surface area (Å²) in [4.78, 5) is 79.1. The number of carboxylic acids is 4. The van der Waals surface area contributed by atoms with Crippen LogP contribution in [0.15, 0.2) is 9.98 Å². The van der Waals surface area contributed by atoms with Gasteiger partial charge in [-0.3, -0.25) is 30.2 Å². The maximum absolute atomic E-state index is 12.1. The Morgan fingerprint density at radius 2 is 0.676 bits per heavy atom. The molecule has 20 nitrogen and oxygen atoms in total. The van der Waals surface area contributed by atoms with E-state index >= 15 is 0 Å². The van der Waals surface area contributed by atoms with Gasteiger partial charge >= 0.3 is 48.6 Å². The third-order valence-corrected chi connectivity index (χ3v) is 10.7. The molecule has 0 saturated heterocycles. The van der Waals surface area contributed by atoms with Crippen molar-refractivity contribution in [2.24, 2.45) is 21.5 Å². The first kappa shape index (κ1) is 72.0. The van der Waals surface area contributed by atoms with E-state index in [1.54, 1.807) is 0 Å². The molecule has 2 rings (SSSR count). The molecular weight excluding hydrogens is 1070 g/mol. The number of amides is 2. The molecule has 14 N–H and O–H groups in total. The fraction of sp³-hybridized carbons (Fsp3) is 0.650. The van der Waals surface area contributed by atoms with Crippen LogP contribution in [0.3, 0.4) is 0 Å². The largest absolute Gasteiger partial charge is 0.490 e. The number of hydrogen-bond acceptors (Lipinski definition) is 14. The minimum Gasteiger partial charge on any atom is -0.475 e. The first-order chi connectivity index (χ1) is 33.9. The van der Waals surface area contributed by atoms with E-state index < -0.39 is 48.6 Å². The standard InChI is InChI=1S/C32H56N10O2S2.4C2HF3O2/c1-23-25(45-31(35)39-23)17-15-21-37-29(33)41-27(43)19-13-11-9-7-5-3-4-6-8-10-12-14-20-28(44)42-30(34)38-22-16-18-26-24(2)40-32(36)46-26;4*3-2(4,5)1(6)7/h3-22H2,1-2H3,(H2,35,39)(H2,36,40)(H3,33,37,41,43)(H3,34,38,42,44);4*(H,6,7). The van der Waals surface area contributed by atoms with Gasteiger partial charge in [-0.2, -0.15) is 52.7 Å². The van der Waals surface area contributed by atoms with Crippen molar-refractivity contribution in [1.82, 2.24) is 20.6 Å². The molecule has 426 valence electrons. The molecule has 2 amide bonds. The Balaban J connectivity index is -0.00000145. The highest BCUT2D eigenvalue weighted by Crippen LogP contribution is 2.22. The van der Waals surface area contributed by atoms with Gasteiger partial charge in [0.2, 0.25) is 11.8 Å². The highest BCUT2D eigenvalue weighted by molar-refractivity contribution is 7.15. The summed E-state index contributed by atoms with van der Waals surface area (Å²) in [7, 11) is 0. The van der Waals surface area contributed by atoms with Crippen LogP contribution in [0.25, 0.3) is 0 Å². The van der Waals surface area contributed by atoms with Gasteiger partial charge in [-0.05, 0) is 52.4 Å². The van der Waals surface area contributed by atoms with Gasteiger partial charge < -0.3 is 43.4 Å². The fourth-order valence-corrected chi connectivity index (χ4v) is 6.82. The first-order valence-corrected chi connectivity index (χ1v) is 23.4. The average Bonchev–Trinajstić information content (AvgIpc) is 3.76. The number of aryl methyl sites for hydroxylation is 4. The van der Waals surface area contributed by atoms with Crippen LogP contribution in [-0.2, 0) is 41.6 Å². The van der Waals surface area contributed by atoms with Crippen molar-refractivity contribution in [3.05, 3.63) is 21.1 Å². The summed E-state index contributed by atoms with van der Waals surface area (Å²) in [6, 6.07) is 0. The Morgan fingerprint density at radius 3 is 0.865 bits per heavy atom. The topological polar surface area (TPSA) is 362 Å². The van der Waals surface area contributed by atoms with Gasteiger partial charge in [-0.1, -0.05) is 64.2 Å². The van der Waals surface area contributed by atoms with Crippen LogP contribution < -0.4 is 33.6 Å². The van der Waals surface area contributed by atoms with Crippen molar-refractivity contribution in [2.45, 2.75) is 154 Å². The fourth-order valence-electron chi connectivity index (χ4n) is 5.07. The maximum Gasteiger partial charge on any atom is 0.490 e. The van der Waals surface area contributed by atoms with E-state index in [1.807, 2.05) is 13.8 Å². The molecule has 2 heterocycles. The molecule has 74 heavy (non-hydrogen) atoms. The van der Waals surface area contributed by atoms with Crippen LogP contribution in [0.4, 0.5) is 62.9 Å². The number of nitrogens with zero attached hydrogens (tertiary/aromatic N) is 4. The second kappa shape index (κ2) is 37.5. The highest BCUT2D eigenvalue weighted by atomic mass is 32.1. The molecule has 0 atom stereocenters. The van der Waals surface area contributed by atoms with E-state index in [0.29, 0.717) is 36.2 Å². The van der Waals surface area contributed by atoms with E-state index in [9.17, 15) is 62.3 Å². The third kappa shape index (κ3) is 42.3. The molecular formula is C40H60F12N10O10S2. The van der Waals surface area contributed by atoms with Crippen LogP contribution in [0, 0.1) is 13.8 Å². The lowest BCUT2D eigenvalue weighted by molar-refractivity contribution is -0.193. The number of alkyl halides is 12. The highest BCUT2D eigenvalue weighted by Gasteiger charge is 2.40. The van der Waals surface area contributed by atoms with E-state index in [4.69, 9.17) is 62.5 Å². The maximum atomic E-state index is 12.1. The molecule has 0 aliphatic carbocycles. The minimum atomic E-state index is -5.08. The van der Waals surface area contributed by atoms with Crippen LogP contribution in [0.5, 0.6) is 0 Å². The number of halogens is 12. The summed E-state index contributed by atoms with van der Waals surface area (Å²) in [6.45, 7) is 5.03. The third-order valence-electron chi connectivity index (χ3n) is 8.57. The number of nitrogens with two attached hydrogens (primary N) is 4. The molecule has 0 saturated carbocycles. The second-order valence-electron chi connectivity index (χ2n) is 14.9. The quantitative estimate of drug-likeness (QED) is 0.0219. The number of carboxylic acid groups (broad SMARTS) is 4. The number of carbonyl (C=O) groups excluding carboxylic acids is 2. The minimum absolute atomic E-state index is 0.0675. The van der Waals surface area contributed by atoms with E-state index in [1.165, 1.54) is 71.0 Å². The van der Waals surface area contributed by atoms with Gasteiger partial charge in [-0.25, -0.2) is 29.1 Å². The summed E-state index contributed by atoms with van der Waals surface area (Å²) in [5.41, 5.74) is 25.1. The Morgan fingerprint density at radius 1 is 0.459 bits per heavy atom. The van der Waals surface area contributed by atoms with E-state index in [0.717, 1.165) is 75.6 Å². The lowest BCUT2D eigenvalue weighted by atomic mass is 10.0. The van der Waals surface area contributed by atoms with E-state index in [2.05, 4.69) is 30.6 Å². The summed E-state index contributed by atoms with van der Waals surface area (Å²) in [5.74, 6) is -10.8. The van der Waals surface area contributed by atoms with Crippen molar-refractivity contribution in [1.29, 1.82) is 0 Å². The molecule has 34 heteroatoms. The second-order valence-corrected chi connectivity index (χ2v) is 17.1. The molecule has 0 aliphatic heterocycles. The number of aliphatic carboxylic acids is 4. The normalized spacial score (nSPS) is 11.8. The van der Waals surface area contributed by atoms with Gasteiger partial charge in [0.15, 0.2) is 22.2 Å². The molecule has 2 aromatic rings. The predicted molar refractivity (Wildman–Crippen MR) is 248 cm³/mol. The van der Waals surface area contributed by atoms with E-state index in [-0.39, 0.29) is 23.7 Å². The monoisotopic (exact) mass is 1130 g/mol. The number of hydrogen-bond donors (Lipinski definition) is 10. The number of nitrogen functional groups attached to an aromatic ring is 2. The summed E-state index contributed by atoms with van der Waals surface area (Å²) in [6.07, 6.45) is -2.47. The lowest BCUT2D eigenvalue weighted by Gasteiger charge is -2.06. The number of unbranched alkanes of at least 4 members (excludes halogenated alkanes) is 11. The van der Waals surface area contributed by atoms with Crippen LogP contribution in [-0.4, -0.2) is 116 Å². The first-order valence-electron chi connectivity index (χ1n) is 21.7. The Hall–Kier alpha value is -6.22. The average molecular weight is 1130 g/mol. The summed E-state index contributed by atoms with van der Waals surface area (Å²) < 4.78 is 127. The zero-order valence-electron chi connectivity index (χ0n) is 39.8. The lowest BCUT2D eigenvalue weighted by Crippen LogP contribution is -2.36. The Labute approximate surface area is 423 Å². The van der Waals surface area contributed by atoms with Crippen molar-refractivity contribution in [3.8, 4) is 0 Å². The molecule has 0 aromatic carbocycles. The van der Waals surface area contributed by atoms with Crippen LogP contribution in [0.1, 0.15) is 124 Å². The Kier molecular flexibility index (Phi) is 36.5. The number of carbonyl (C=O) groups is 6. The van der Waals surface area contributed by atoms with Crippen LogP contribution in [0.2, 0.25) is 0 Å². The molecule has 0 aliphatic rings. The van der Waals surface area contributed by atoms with Crippen molar-refractivity contribution >= 4 is 80.5 Å². The summed E-state index contributed by atoms with van der Waals surface area (Å²) in [5, 5.41) is 35.1.